The zero-order chi connectivity index (χ0) is 18.2. The molecule has 0 N–H and O–H groups in total. The van der Waals surface area contributed by atoms with Gasteiger partial charge in [0.15, 0.2) is 0 Å². The van der Waals surface area contributed by atoms with Gasteiger partial charge >= 0.3 is 5.88 Å². The molecule has 25 heavy (non-hydrogen) atoms. The smallest absolute Gasteiger partial charge is 0.406 e. The Morgan fingerprint density at radius 3 is 2.48 bits per heavy atom. The minimum absolute atomic E-state index is 0.0517. The van der Waals surface area contributed by atoms with E-state index in [-0.39, 0.29) is 18.1 Å². The number of carbonyl (C=O) groups is 1. The molecule has 1 heterocycles. The van der Waals surface area contributed by atoms with E-state index in [1.807, 2.05) is 18.2 Å². The van der Waals surface area contributed by atoms with E-state index in [9.17, 15) is 14.9 Å². The van der Waals surface area contributed by atoms with Crippen molar-refractivity contribution in [3.8, 4) is 0 Å². The standard InChI is InChI=1S/C18H23N3O4/c1-3-18(21(23)24)25-15(2)13-17(22)20-11-9-19(10-12-20)14-16-7-5-4-6-8-16/h3-8H,2,9-14H2,1H3/b18-3-. The van der Waals surface area contributed by atoms with Crippen LogP contribution in [0.2, 0.25) is 0 Å². The maximum Gasteiger partial charge on any atom is 0.428 e. The van der Waals surface area contributed by atoms with Gasteiger partial charge in [-0.05, 0) is 12.5 Å². The van der Waals surface area contributed by atoms with E-state index in [1.54, 1.807) is 4.90 Å². The molecule has 0 radical (unpaired) electrons. The van der Waals surface area contributed by atoms with Gasteiger partial charge in [0, 0.05) is 38.8 Å². The predicted molar refractivity (Wildman–Crippen MR) is 93.9 cm³/mol. The molecule has 2 rings (SSSR count). The number of amides is 1. The molecule has 0 bridgehead atoms. The summed E-state index contributed by atoms with van der Waals surface area (Å²) in [6.07, 6.45) is 1.18. The minimum Gasteiger partial charge on any atom is -0.406 e. The molecule has 7 heteroatoms. The van der Waals surface area contributed by atoms with Gasteiger partial charge < -0.3 is 9.64 Å². The van der Waals surface area contributed by atoms with Gasteiger partial charge in [-0.15, -0.1) is 0 Å². The summed E-state index contributed by atoms with van der Waals surface area (Å²) in [6.45, 7) is 8.82. The summed E-state index contributed by atoms with van der Waals surface area (Å²) < 4.78 is 5.03. The number of piperazine rings is 1. The molecule has 0 atom stereocenters. The Morgan fingerprint density at radius 1 is 1.28 bits per heavy atom. The topological polar surface area (TPSA) is 75.9 Å². The first-order valence-corrected chi connectivity index (χ1v) is 8.20. The molecule has 1 amide bonds. The molecule has 1 fully saturated rings. The van der Waals surface area contributed by atoms with Crippen molar-refractivity contribution in [2.45, 2.75) is 19.9 Å². The summed E-state index contributed by atoms with van der Waals surface area (Å²) in [6, 6.07) is 10.2. The van der Waals surface area contributed by atoms with Crippen LogP contribution in [0, 0.1) is 10.1 Å². The fourth-order valence-electron chi connectivity index (χ4n) is 2.66. The lowest BCUT2D eigenvalue weighted by Crippen LogP contribution is -2.48. The lowest BCUT2D eigenvalue weighted by Gasteiger charge is -2.34. The van der Waals surface area contributed by atoms with Crippen LogP contribution in [-0.4, -0.2) is 46.8 Å². The lowest BCUT2D eigenvalue weighted by atomic mass is 10.2. The Hall–Kier alpha value is -2.67. The largest absolute Gasteiger partial charge is 0.428 e. The van der Waals surface area contributed by atoms with Crippen molar-refractivity contribution in [1.82, 2.24) is 9.80 Å². The quantitative estimate of drug-likeness (QED) is 0.431. The third-order valence-corrected chi connectivity index (χ3v) is 4.00. The molecule has 7 nitrogen and oxygen atoms in total. The van der Waals surface area contributed by atoms with Crippen molar-refractivity contribution in [2.24, 2.45) is 0 Å². The zero-order valence-electron chi connectivity index (χ0n) is 14.4. The molecular weight excluding hydrogens is 322 g/mol. The fourth-order valence-corrected chi connectivity index (χ4v) is 2.66. The van der Waals surface area contributed by atoms with E-state index >= 15 is 0 Å². The number of rotatable bonds is 7. The second-order valence-electron chi connectivity index (χ2n) is 5.84. The van der Waals surface area contributed by atoms with Crippen molar-refractivity contribution < 1.29 is 14.5 Å². The van der Waals surface area contributed by atoms with E-state index < -0.39 is 10.8 Å². The molecule has 0 saturated carbocycles. The molecule has 0 aromatic heterocycles. The predicted octanol–water partition coefficient (Wildman–Crippen LogP) is 2.39. The van der Waals surface area contributed by atoms with E-state index in [0.717, 1.165) is 19.6 Å². The Labute approximate surface area is 147 Å². The van der Waals surface area contributed by atoms with Gasteiger partial charge in [0.2, 0.25) is 5.91 Å². The van der Waals surface area contributed by atoms with Crippen molar-refractivity contribution in [2.75, 3.05) is 26.2 Å². The maximum absolute atomic E-state index is 12.3. The van der Waals surface area contributed by atoms with Crippen LogP contribution in [0.3, 0.4) is 0 Å². The van der Waals surface area contributed by atoms with Crippen LogP contribution in [0.5, 0.6) is 0 Å². The normalized spacial score (nSPS) is 15.7. The van der Waals surface area contributed by atoms with Gasteiger partial charge in [-0.3, -0.25) is 19.8 Å². The van der Waals surface area contributed by atoms with Gasteiger partial charge in [0.1, 0.15) is 10.7 Å². The molecule has 1 aromatic carbocycles. The summed E-state index contributed by atoms with van der Waals surface area (Å²) in [5, 5.41) is 10.7. The van der Waals surface area contributed by atoms with Gasteiger partial charge in [-0.1, -0.05) is 36.9 Å². The number of hydrogen-bond donors (Lipinski definition) is 0. The molecule has 1 aromatic rings. The van der Waals surface area contributed by atoms with Crippen LogP contribution in [-0.2, 0) is 16.1 Å². The number of nitrogens with zero attached hydrogens (tertiary/aromatic N) is 3. The first-order chi connectivity index (χ1) is 12.0. The van der Waals surface area contributed by atoms with Crippen LogP contribution in [0.4, 0.5) is 0 Å². The van der Waals surface area contributed by atoms with Gasteiger partial charge in [-0.2, -0.15) is 0 Å². The van der Waals surface area contributed by atoms with Crippen LogP contribution >= 0.6 is 0 Å². The van der Waals surface area contributed by atoms with E-state index in [2.05, 4.69) is 23.6 Å². The van der Waals surface area contributed by atoms with Gasteiger partial charge in [-0.25, -0.2) is 0 Å². The first-order valence-electron chi connectivity index (χ1n) is 8.20. The summed E-state index contributed by atoms with van der Waals surface area (Å²) in [4.78, 5) is 26.4. The summed E-state index contributed by atoms with van der Waals surface area (Å²) >= 11 is 0. The minimum atomic E-state index is -0.641. The highest BCUT2D eigenvalue weighted by molar-refractivity contribution is 5.78. The third kappa shape index (κ3) is 5.72. The highest BCUT2D eigenvalue weighted by Crippen LogP contribution is 2.13. The van der Waals surface area contributed by atoms with Gasteiger partial charge in [0.05, 0.1) is 6.42 Å². The first kappa shape index (κ1) is 18.7. The monoisotopic (exact) mass is 345 g/mol. The van der Waals surface area contributed by atoms with Crippen molar-refractivity contribution in [1.29, 1.82) is 0 Å². The van der Waals surface area contributed by atoms with Crippen LogP contribution in [0.15, 0.2) is 54.6 Å². The number of ether oxygens (including phenoxy) is 1. The maximum atomic E-state index is 12.3. The molecule has 1 aliphatic heterocycles. The van der Waals surface area contributed by atoms with Crippen LogP contribution in [0.1, 0.15) is 18.9 Å². The molecular formula is C18H23N3O4. The molecule has 0 spiro atoms. The summed E-state index contributed by atoms with van der Waals surface area (Å²) in [5.74, 6) is -0.449. The third-order valence-electron chi connectivity index (χ3n) is 4.00. The fraction of sp³-hybridized carbons (Fsp3) is 0.389. The second kappa shape index (κ2) is 8.98. The average molecular weight is 345 g/mol. The second-order valence-corrected chi connectivity index (χ2v) is 5.84. The molecule has 1 saturated heterocycles. The molecule has 0 unspecified atom stereocenters. The Morgan fingerprint density at radius 2 is 1.92 bits per heavy atom. The van der Waals surface area contributed by atoms with Crippen molar-refractivity contribution >= 4 is 5.91 Å². The number of benzene rings is 1. The average Bonchev–Trinajstić information content (AvgIpc) is 2.61. The van der Waals surface area contributed by atoms with E-state index in [1.165, 1.54) is 18.6 Å². The lowest BCUT2D eigenvalue weighted by molar-refractivity contribution is -0.460. The number of carbonyl (C=O) groups excluding carboxylic acids is 1. The molecule has 1 aliphatic rings. The number of hydrogen-bond acceptors (Lipinski definition) is 5. The summed E-state index contributed by atoms with van der Waals surface area (Å²) in [7, 11) is 0. The van der Waals surface area contributed by atoms with Crippen molar-refractivity contribution in [3.05, 3.63) is 70.3 Å². The Bertz CT molecular complexity index is 650. The Kier molecular flexibility index (Phi) is 6.71. The highest BCUT2D eigenvalue weighted by atomic mass is 16.7. The van der Waals surface area contributed by atoms with E-state index in [0.29, 0.717) is 13.1 Å². The summed E-state index contributed by atoms with van der Waals surface area (Å²) in [5.41, 5.74) is 1.25. The highest BCUT2D eigenvalue weighted by Gasteiger charge is 2.23. The van der Waals surface area contributed by atoms with Crippen molar-refractivity contribution in [3.63, 3.8) is 0 Å². The SMILES string of the molecule is C=C(CC(=O)N1CCN(Cc2ccccc2)CC1)O/C(=C\C)[N+](=O)[O-]. The van der Waals surface area contributed by atoms with Crippen LogP contribution < -0.4 is 0 Å². The van der Waals surface area contributed by atoms with Crippen LogP contribution in [0.25, 0.3) is 0 Å². The zero-order valence-corrected chi connectivity index (χ0v) is 14.4. The number of allylic oxidation sites excluding steroid dienone is 1. The van der Waals surface area contributed by atoms with Gasteiger partial charge in [0.25, 0.3) is 0 Å². The Balaban J connectivity index is 1.77. The molecule has 134 valence electrons. The molecule has 0 aliphatic carbocycles. The number of nitro groups is 1. The van der Waals surface area contributed by atoms with E-state index in [4.69, 9.17) is 4.74 Å².